The van der Waals surface area contributed by atoms with Crippen LogP contribution in [-0.2, 0) is 10.0 Å². The monoisotopic (exact) mass is 372 g/mol. The van der Waals surface area contributed by atoms with Crippen molar-refractivity contribution >= 4 is 27.2 Å². The molecule has 0 aliphatic heterocycles. The van der Waals surface area contributed by atoms with Crippen molar-refractivity contribution < 1.29 is 13.2 Å². The van der Waals surface area contributed by atoms with Crippen LogP contribution >= 0.6 is 0 Å². The molecule has 7 nitrogen and oxygen atoms in total. The average Bonchev–Trinajstić information content (AvgIpc) is 3.05. The molecule has 3 N–H and O–H groups in total. The Kier molecular flexibility index (Phi) is 4.85. The number of aromatic nitrogens is 2. The zero-order chi connectivity index (χ0) is 18.7. The predicted octanol–water partition coefficient (Wildman–Crippen LogP) is 3.51. The van der Waals surface area contributed by atoms with E-state index in [0.29, 0.717) is 11.5 Å². The standard InChI is InChI=1S/C18H20N4O3S/c1-12-10-14(22-26(3,23)24)6-9-16(12)19-18-11-17(20-21-18)13-4-7-15(25-2)8-5-13/h4-11,22H,1-3H3,(H2,19,20,21). The molecule has 3 aromatic rings. The summed E-state index contributed by atoms with van der Waals surface area (Å²) in [6, 6.07) is 14.9. The molecule has 0 amide bonds. The molecule has 1 aromatic heterocycles. The number of methoxy groups -OCH3 is 1. The Morgan fingerprint density at radius 1 is 1.08 bits per heavy atom. The van der Waals surface area contributed by atoms with E-state index in [1.54, 1.807) is 19.2 Å². The van der Waals surface area contributed by atoms with Crippen molar-refractivity contribution in [3.63, 3.8) is 0 Å². The van der Waals surface area contributed by atoms with Crippen molar-refractivity contribution in [1.29, 1.82) is 0 Å². The lowest BCUT2D eigenvalue weighted by atomic mass is 10.1. The fourth-order valence-electron chi connectivity index (χ4n) is 2.52. The highest BCUT2D eigenvalue weighted by molar-refractivity contribution is 7.92. The van der Waals surface area contributed by atoms with Crippen molar-refractivity contribution in [2.45, 2.75) is 6.92 Å². The van der Waals surface area contributed by atoms with Crippen LogP contribution in [0.5, 0.6) is 5.75 Å². The number of hydrogen-bond acceptors (Lipinski definition) is 5. The van der Waals surface area contributed by atoms with Gasteiger partial charge >= 0.3 is 0 Å². The number of ether oxygens (including phenoxy) is 1. The molecule has 0 bridgehead atoms. The van der Waals surface area contributed by atoms with E-state index in [0.717, 1.165) is 34.5 Å². The molecule has 8 heteroatoms. The van der Waals surface area contributed by atoms with Crippen molar-refractivity contribution in [1.82, 2.24) is 10.2 Å². The first-order valence-electron chi connectivity index (χ1n) is 7.89. The Morgan fingerprint density at radius 2 is 1.81 bits per heavy atom. The third-order valence-electron chi connectivity index (χ3n) is 3.77. The lowest BCUT2D eigenvalue weighted by Crippen LogP contribution is -2.09. The van der Waals surface area contributed by atoms with Gasteiger partial charge in [-0.15, -0.1) is 0 Å². The first-order chi connectivity index (χ1) is 12.3. The van der Waals surface area contributed by atoms with Crippen molar-refractivity contribution in [3.8, 4) is 17.0 Å². The Balaban J connectivity index is 1.76. The topological polar surface area (TPSA) is 96.1 Å². The summed E-state index contributed by atoms with van der Waals surface area (Å²) < 4.78 is 30.3. The maximum Gasteiger partial charge on any atom is 0.229 e. The number of benzene rings is 2. The van der Waals surface area contributed by atoms with E-state index in [-0.39, 0.29) is 0 Å². The number of H-pyrrole nitrogens is 1. The number of rotatable bonds is 6. The fourth-order valence-corrected chi connectivity index (χ4v) is 3.08. The van der Waals surface area contributed by atoms with Gasteiger partial charge < -0.3 is 10.1 Å². The summed E-state index contributed by atoms with van der Waals surface area (Å²) in [5, 5.41) is 10.5. The molecule has 0 aliphatic carbocycles. The molecule has 2 aromatic carbocycles. The highest BCUT2D eigenvalue weighted by Gasteiger charge is 2.08. The maximum atomic E-state index is 11.3. The summed E-state index contributed by atoms with van der Waals surface area (Å²) >= 11 is 0. The lowest BCUT2D eigenvalue weighted by molar-refractivity contribution is 0.415. The zero-order valence-corrected chi connectivity index (χ0v) is 15.5. The molecular weight excluding hydrogens is 352 g/mol. The SMILES string of the molecule is COc1ccc(-c2cc(Nc3ccc(NS(C)(=O)=O)cc3C)n[nH]2)cc1. The van der Waals surface area contributed by atoms with E-state index >= 15 is 0 Å². The summed E-state index contributed by atoms with van der Waals surface area (Å²) in [5.41, 5.74) is 4.14. The minimum absolute atomic E-state index is 0.525. The summed E-state index contributed by atoms with van der Waals surface area (Å²) in [5.74, 6) is 1.47. The van der Waals surface area contributed by atoms with Gasteiger partial charge in [0.05, 0.1) is 19.1 Å². The highest BCUT2D eigenvalue weighted by atomic mass is 32.2. The van der Waals surface area contributed by atoms with E-state index < -0.39 is 10.0 Å². The van der Waals surface area contributed by atoms with Crippen LogP contribution in [0.2, 0.25) is 0 Å². The van der Waals surface area contributed by atoms with Gasteiger partial charge in [-0.05, 0) is 60.5 Å². The van der Waals surface area contributed by atoms with Gasteiger partial charge in [-0.25, -0.2) is 8.42 Å². The van der Waals surface area contributed by atoms with Crippen molar-refractivity contribution in [2.75, 3.05) is 23.4 Å². The normalized spacial score (nSPS) is 11.2. The second kappa shape index (κ2) is 7.09. The van der Waals surface area contributed by atoms with Gasteiger partial charge in [-0.3, -0.25) is 9.82 Å². The molecule has 3 rings (SSSR count). The van der Waals surface area contributed by atoms with E-state index in [1.165, 1.54) is 0 Å². The van der Waals surface area contributed by atoms with Gasteiger partial charge in [0.1, 0.15) is 5.75 Å². The van der Waals surface area contributed by atoms with Crippen LogP contribution in [0.1, 0.15) is 5.56 Å². The molecule has 136 valence electrons. The maximum absolute atomic E-state index is 11.3. The van der Waals surface area contributed by atoms with Crippen LogP contribution in [0, 0.1) is 6.92 Å². The van der Waals surface area contributed by atoms with Gasteiger partial charge in [-0.2, -0.15) is 5.10 Å². The van der Waals surface area contributed by atoms with E-state index in [2.05, 4.69) is 20.2 Å². The van der Waals surface area contributed by atoms with Crippen LogP contribution in [0.4, 0.5) is 17.2 Å². The predicted molar refractivity (Wildman–Crippen MR) is 104 cm³/mol. The number of anilines is 3. The van der Waals surface area contributed by atoms with Gasteiger partial charge in [0.2, 0.25) is 10.0 Å². The Bertz CT molecular complexity index is 1010. The number of sulfonamides is 1. The molecule has 0 fully saturated rings. The highest BCUT2D eigenvalue weighted by Crippen LogP contribution is 2.26. The second-order valence-corrected chi connectivity index (χ2v) is 7.67. The summed E-state index contributed by atoms with van der Waals surface area (Å²) in [6.45, 7) is 1.90. The third kappa shape index (κ3) is 4.34. The second-order valence-electron chi connectivity index (χ2n) is 5.92. The van der Waals surface area contributed by atoms with Gasteiger partial charge in [0, 0.05) is 17.4 Å². The van der Waals surface area contributed by atoms with E-state index in [1.807, 2.05) is 43.3 Å². The van der Waals surface area contributed by atoms with Crippen LogP contribution < -0.4 is 14.8 Å². The quantitative estimate of drug-likeness (QED) is 0.615. The number of nitrogens with zero attached hydrogens (tertiary/aromatic N) is 1. The molecule has 26 heavy (non-hydrogen) atoms. The van der Waals surface area contributed by atoms with Crippen molar-refractivity contribution in [2.24, 2.45) is 0 Å². The summed E-state index contributed by atoms with van der Waals surface area (Å²) in [7, 11) is -1.66. The van der Waals surface area contributed by atoms with Crippen LogP contribution in [0.25, 0.3) is 11.3 Å². The molecular formula is C18H20N4O3S. The smallest absolute Gasteiger partial charge is 0.229 e. The fraction of sp³-hybridized carbons (Fsp3) is 0.167. The van der Waals surface area contributed by atoms with E-state index in [9.17, 15) is 8.42 Å². The minimum atomic E-state index is -3.29. The zero-order valence-electron chi connectivity index (χ0n) is 14.7. The Morgan fingerprint density at radius 3 is 2.42 bits per heavy atom. The Hall–Kier alpha value is -3.00. The van der Waals surface area contributed by atoms with Crippen molar-refractivity contribution in [3.05, 3.63) is 54.1 Å². The summed E-state index contributed by atoms with van der Waals surface area (Å²) in [6.07, 6.45) is 1.12. The number of hydrogen-bond donors (Lipinski definition) is 3. The first kappa shape index (κ1) is 17.8. The average molecular weight is 372 g/mol. The largest absolute Gasteiger partial charge is 0.497 e. The van der Waals surface area contributed by atoms with E-state index in [4.69, 9.17) is 4.74 Å². The lowest BCUT2D eigenvalue weighted by Gasteiger charge is -2.10. The molecule has 1 heterocycles. The summed E-state index contributed by atoms with van der Waals surface area (Å²) in [4.78, 5) is 0. The third-order valence-corrected chi connectivity index (χ3v) is 4.38. The molecule has 0 aliphatic rings. The number of nitrogens with one attached hydrogen (secondary N) is 3. The molecule has 0 saturated carbocycles. The molecule has 0 unspecified atom stereocenters. The van der Waals surface area contributed by atoms with Gasteiger partial charge in [0.25, 0.3) is 0 Å². The van der Waals surface area contributed by atoms with Crippen LogP contribution in [-0.4, -0.2) is 32.0 Å². The molecule has 0 spiro atoms. The number of aromatic amines is 1. The Labute approximate surface area is 152 Å². The molecule has 0 atom stereocenters. The van der Waals surface area contributed by atoms with Gasteiger partial charge in [-0.1, -0.05) is 0 Å². The van der Waals surface area contributed by atoms with Gasteiger partial charge in [0.15, 0.2) is 5.82 Å². The molecule has 0 radical (unpaired) electrons. The van der Waals surface area contributed by atoms with Crippen LogP contribution in [0.3, 0.4) is 0 Å². The minimum Gasteiger partial charge on any atom is -0.497 e. The first-order valence-corrected chi connectivity index (χ1v) is 9.78. The van der Waals surface area contributed by atoms with Crippen LogP contribution in [0.15, 0.2) is 48.5 Å². The number of aryl methyl sites for hydroxylation is 1. The molecule has 0 saturated heterocycles.